The maximum Gasteiger partial charge on any atom is 0.186 e. The van der Waals surface area contributed by atoms with E-state index in [0.717, 1.165) is 6.42 Å². The van der Waals surface area contributed by atoms with Gasteiger partial charge in [0.25, 0.3) is 0 Å². The number of fused-ring (bicyclic) bond motifs is 1. The molecule has 0 aliphatic heterocycles. The van der Waals surface area contributed by atoms with Gasteiger partial charge in [0, 0.05) is 11.1 Å². The molecule has 1 aliphatic carbocycles. The second-order valence-corrected chi connectivity index (χ2v) is 8.92. The van der Waals surface area contributed by atoms with Crippen LogP contribution in [0.1, 0.15) is 130 Å². The molecule has 0 amide bonds. The number of carbonyl (C=O) groups is 2. The highest BCUT2D eigenvalue weighted by molar-refractivity contribution is 6.22. The molecule has 0 atom stereocenters. The van der Waals surface area contributed by atoms with Crippen molar-refractivity contribution in [3.8, 4) is 5.75 Å². The summed E-state index contributed by atoms with van der Waals surface area (Å²) in [5.74, 6) is 0.442. The van der Waals surface area contributed by atoms with Gasteiger partial charge in [-0.2, -0.15) is 0 Å². The molecule has 3 heteroatoms. The maximum absolute atomic E-state index is 11.9. The molecule has 0 aromatic heterocycles. The number of allylic oxidation sites excluding steroid dienone is 2. The zero-order valence-electron chi connectivity index (χ0n) is 19.6. The van der Waals surface area contributed by atoms with Crippen LogP contribution in [0.2, 0.25) is 0 Å². The molecule has 0 N–H and O–H groups in total. The third kappa shape index (κ3) is 10.3. The van der Waals surface area contributed by atoms with Gasteiger partial charge in [-0.25, -0.2) is 0 Å². The Labute approximate surface area is 189 Å². The van der Waals surface area contributed by atoms with Gasteiger partial charge in [0.05, 0.1) is 6.61 Å². The Morgan fingerprint density at radius 3 is 1.55 bits per heavy atom. The predicted octanol–water partition coefficient (Wildman–Crippen LogP) is 8.26. The van der Waals surface area contributed by atoms with Crippen LogP contribution in [0.15, 0.2) is 30.4 Å². The van der Waals surface area contributed by atoms with E-state index in [4.69, 9.17) is 4.74 Å². The quantitative estimate of drug-likeness (QED) is 0.222. The molecule has 0 radical (unpaired) electrons. The molecule has 172 valence electrons. The SMILES string of the molecule is CCCCCCCCCCCCCCCCCCOc1ccc2c(c1)C(=O)C=CC2=O. The maximum atomic E-state index is 11.9. The smallest absolute Gasteiger partial charge is 0.186 e. The first-order valence-corrected chi connectivity index (χ1v) is 12.8. The number of benzene rings is 1. The number of unbranched alkanes of at least 4 members (excludes halogenated alkanes) is 15. The second-order valence-electron chi connectivity index (χ2n) is 8.92. The van der Waals surface area contributed by atoms with Crippen molar-refractivity contribution in [2.24, 2.45) is 0 Å². The molecule has 0 saturated carbocycles. The minimum absolute atomic E-state index is 0.112. The van der Waals surface area contributed by atoms with Crippen LogP contribution in [0.5, 0.6) is 5.75 Å². The molecule has 1 aromatic carbocycles. The highest BCUT2D eigenvalue weighted by Crippen LogP contribution is 2.23. The first-order valence-electron chi connectivity index (χ1n) is 12.8. The first-order chi connectivity index (χ1) is 15.2. The Hall–Kier alpha value is -1.90. The van der Waals surface area contributed by atoms with Crippen LogP contribution >= 0.6 is 0 Å². The fourth-order valence-electron chi connectivity index (χ4n) is 4.20. The first kappa shape index (κ1) is 25.4. The third-order valence-electron chi connectivity index (χ3n) is 6.17. The van der Waals surface area contributed by atoms with E-state index in [0.29, 0.717) is 23.5 Å². The molecule has 0 heterocycles. The van der Waals surface area contributed by atoms with Gasteiger partial charge >= 0.3 is 0 Å². The Morgan fingerprint density at radius 1 is 0.581 bits per heavy atom. The van der Waals surface area contributed by atoms with Crippen molar-refractivity contribution < 1.29 is 14.3 Å². The molecule has 3 nitrogen and oxygen atoms in total. The van der Waals surface area contributed by atoms with Gasteiger partial charge in [-0.1, -0.05) is 103 Å². The van der Waals surface area contributed by atoms with Crippen molar-refractivity contribution in [1.29, 1.82) is 0 Å². The summed E-state index contributed by atoms with van der Waals surface area (Å²) in [4.78, 5) is 23.7. The van der Waals surface area contributed by atoms with Crippen molar-refractivity contribution in [3.05, 3.63) is 41.5 Å². The summed E-state index contributed by atoms with van der Waals surface area (Å²) in [6.45, 7) is 2.94. The van der Waals surface area contributed by atoms with Gasteiger partial charge in [-0.15, -0.1) is 0 Å². The van der Waals surface area contributed by atoms with Crippen LogP contribution in [0, 0.1) is 0 Å². The van der Waals surface area contributed by atoms with Crippen molar-refractivity contribution in [3.63, 3.8) is 0 Å². The zero-order valence-corrected chi connectivity index (χ0v) is 19.6. The van der Waals surface area contributed by atoms with Crippen LogP contribution < -0.4 is 4.74 Å². The Morgan fingerprint density at radius 2 is 1.03 bits per heavy atom. The van der Waals surface area contributed by atoms with Crippen molar-refractivity contribution in [1.82, 2.24) is 0 Å². The van der Waals surface area contributed by atoms with Crippen LogP contribution in [0.4, 0.5) is 0 Å². The van der Waals surface area contributed by atoms with E-state index in [-0.39, 0.29) is 11.6 Å². The normalized spacial score (nSPS) is 12.9. The molecule has 0 saturated heterocycles. The number of ether oxygens (including phenoxy) is 1. The van der Waals surface area contributed by atoms with E-state index in [1.165, 1.54) is 108 Å². The molecule has 31 heavy (non-hydrogen) atoms. The summed E-state index contributed by atoms with van der Waals surface area (Å²) in [6.07, 6.45) is 24.3. The molecule has 2 rings (SSSR count). The highest BCUT2D eigenvalue weighted by atomic mass is 16.5. The Kier molecular flexibility index (Phi) is 13.0. The van der Waals surface area contributed by atoms with Crippen LogP contribution in [0.25, 0.3) is 0 Å². The summed E-state index contributed by atoms with van der Waals surface area (Å²) in [7, 11) is 0. The molecular weight excluding hydrogens is 384 g/mol. The van der Waals surface area contributed by atoms with Gasteiger partial charge in [0.15, 0.2) is 11.6 Å². The average Bonchev–Trinajstić information content (AvgIpc) is 2.78. The monoisotopic (exact) mass is 426 g/mol. The molecule has 0 unspecified atom stereocenters. The Bertz CT molecular complexity index is 689. The summed E-state index contributed by atoms with van der Waals surface area (Å²) in [6, 6.07) is 5.18. The van der Waals surface area contributed by atoms with Crippen LogP contribution in [-0.2, 0) is 0 Å². The second kappa shape index (κ2) is 15.8. The van der Waals surface area contributed by atoms with E-state index < -0.39 is 0 Å². The van der Waals surface area contributed by atoms with E-state index in [9.17, 15) is 9.59 Å². The van der Waals surface area contributed by atoms with E-state index >= 15 is 0 Å². The predicted molar refractivity (Wildman–Crippen MR) is 129 cm³/mol. The van der Waals surface area contributed by atoms with Crippen LogP contribution in [0.3, 0.4) is 0 Å². The van der Waals surface area contributed by atoms with E-state index in [1.54, 1.807) is 18.2 Å². The van der Waals surface area contributed by atoms with Crippen molar-refractivity contribution in [2.75, 3.05) is 6.61 Å². The van der Waals surface area contributed by atoms with Crippen molar-refractivity contribution >= 4 is 11.6 Å². The molecule has 0 spiro atoms. The lowest BCUT2D eigenvalue weighted by atomic mass is 9.95. The topological polar surface area (TPSA) is 43.4 Å². The molecule has 0 fully saturated rings. The van der Waals surface area contributed by atoms with Gasteiger partial charge in [-0.3, -0.25) is 9.59 Å². The van der Waals surface area contributed by atoms with Gasteiger partial charge < -0.3 is 4.74 Å². The summed E-state index contributed by atoms with van der Waals surface area (Å²) in [5.41, 5.74) is 0.930. The van der Waals surface area contributed by atoms with Gasteiger partial charge in [-0.05, 0) is 36.8 Å². The fraction of sp³-hybridized carbons (Fsp3) is 0.643. The van der Waals surface area contributed by atoms with Gasteiger partial charge in [0.1, 0.15) is 5.75 Å². The standard InChI is InChI=1S/C28H42O3/c1-2-3-4-5-6-7-8-9-10-11-12-13-14-15-16-17-22-31-24-18-19-25-26(23-24)28(30)21-20-27(25)29/h18-21,23H,2-17,22H2,1H3. The lowest BCUT2D eigenvalue weighted by Crippen LogP contribution is -2.11. The van der Waals surface area contributed by atoms with Crippen molar-refractivity contribution in [2.45, 2.75) is 110 Å². The number of ketones is 2. The highest BCUT2D eigenvalue weighted by Gasteiger charge is 2.19. The summed E-state index contributed by atoms with van der Waals surface area (Å²) >= 11 is 0. The molecular formula is C28H42O3. The minimum Gasteiger partial charge on any atom is -0.494 e. The summed E-state index contributed by atoms with van der Waals surface area (Å²) in [5, 5.41) is 0. The number of rotatable bonds is 18. The lowest BCUT2D eigenvalue weighted by molar-refractivity contribution is 0.0993. The number of carbonyl (C=O) groups excluding carboxylic acids is 2. The third-order valence-corrected chi connectivity index (χ3v) is 6.17. The van der Waals surface area contributed by atoms with E-state index in [2.05, 4.69) is 6.92 Å². The molecule has 0 bridgehead atoms. The van der Waals surface area contributed by atoms with Gasteiger partial charge in [0.2, 0.25) is 0 Å². The fourth-order valence-corrected chi connectivity index (χ4v) is 4.20. The zero-order chi connectivity index (χ0) is 22.2. The Balaban J connectivity index is 1.39. The number of hydrogen-bond donors (Lipinski definition) is 0. The van der Waals surface area contributed by atoms with E-state index in [1.807, 2.05) is 0 Å². The molecule has 1 aromatic rings. The molecule has 1 aliphatic rings. The average molecular weight is 427 g/mol. The minimum atomic E-state index is -0.123. The van der Waals surface area contributed by atoms with Crippen LogP contribution in [-0.4, -0.2) is 18.2 Å². The largest absolute Gasteiger partial charge is 0.494 e. The number of hydrogen-bond acceptors (Lipinski definition) is 3. The lowest BCUT2D eigenvalue weighted by Gasteiger charge is -2.12. The summed E-state index contributed by atoms with van der Waals surface area (Å²) < 4.78 is 5.79.